The van der Waals surface area contributed by atoms with Gasteiger partial charge in [0, 0.05) is 6.54 Å². The van der Waals surface area contributed by atoms with Crippen molar-refractivity contribution in [2.24, 2.45) is 5.41 Å². The maximum absolute atomic E-state index is 11.4. The van der Waals surface area contributed by atoms with Gasteiger partial charge in [0.15, 0.2) is 0 Å². The summed E-state index contributed by atoms with van der Waals surface area (Å²) in [6.07, 6.45) is 0. The molecule has 4 N–H and O–H groups in total. The lowest BCUT2D eigenvalue weighted by Crippen LogP contribution is -2.53. The molecule has 0 spiro atoms. The Labute approximate surface area is 106 Å². The van der Waals surface area contributed by atoms with E-state index in [-0.39, 0.29) is 12.5 Å². The van der Waals surface area contributed by atoms with Crippen LogP contribution in [0.5, 0.6) is 0 Å². The number of hydrogen-bond donors (Lipinski definition) is 4. The molecular formula is C11H21N3O4. The average molecular weight is 259 g/mol. The molecule has 0 rings (SSSR count). The van der Waals surface area contributed by atoms with Crippen LogP contribution in [-0.2, 0) is 9.59 Å². The van der Waals surface area contributed by atoms with Gasteiger partial charge >= 0.3 is 12.0 Å². The minimum Gasteiger partial charge on any atom is -0.480 e. The Balaban J connectivity index is 4.28. The van der Waals surface area contributed by atoms with Crippen molar-refractivity contribution in [2.45, 2.75) is 33.7 Å². The Morgan fingerprint density at radius 3 is 2.11 bits per heavy atom. The van der Waals surface area contributed by atoms with Crippen LogP contribution in [0.25, 0.3) is 0 Å². The molecule has 0 aromatic carbocycles. The average Bonchev–Trinajstić information content (AvgIpc) is 2.21. The number of nitrogens with one attached hydrogen (secondary N) is 3. The summed E-state index contributed by atoms with van der Waals surface area (Å²) in [6.45, 7) is 7.16. The van der Waals surface area contributed by atoms with Gasteiger partial charge in [-0.3, -0.25) is 4.79 Å². The van der Waals surface area contributed by atoms with E-state index in [0.29, 0.717) is 6.54 Å². The summed E-state index contributed by atoms with van der Waals surface area (Å²) in [5, 5.41) is 16.1. The molecule has 0 aromatic rings. The number of carboxylic acid groups (broad SMARTS) is 1. The second-order valence-corrected chi connectivity index (χ2v) is 4.92. The first-order valence-electron chi connectivity index (χ1n) is 5.72. The lowest BCUT2D eigenvalue weighted by molar-refractivity contribution is -0.141. The molecule has 0 radical (unpaired) electrons. The Morgan fingerprint density at radius 1 is 1.17 bits per heavy atom. The van der Waals surface area contributed by atoms with Crippen LogP contribution < -0.4 is 16.0 Å². The summed E-state index contributed by atoms with van der Waals surface area (Å²) >= 11 is 0. The molecule has 0 aromatic heterocycles. The van der Waals surface area contributed by atoms with Gasteiger partial charge in [-0.15, -0.1) is 0 Å². The number of carbonyl (C=O) groups excluding carboxylic acids is 2. The Morgan fingerprint density at radius 2 is 1.72 bits per heavy atom. The second-order valence-electron chi connectivity index (χ2n) is 4.92. The molecule has 0 fully saturated rings. The van der Waals surface area contributed by atoms with E-state index in [1.807, 2.05) is 0 Å². The van der Waals surface area contributed by atoms with E-state index in [1.54, 1.807) is 27.7 Å². The SMILES string of the molecule is CCNC(=O)CNC(=O)N[C@@H](C(=O)O)C(C)(C)C. The molecule has 7 heteroatoms. The summed E-state index contributed by atoms with van der Waals surface area (Å²) in [5.41, 5.74) is -0.616. The summed E-state index contributed by atoms with van der Waals surface area (Å²) in [7, 11) is 0. The summed E-state index contributed by atoms with van der Waals surface area (Å²) in [4.78, 5) is 33.5. The standard InChI is InChI=1S/C11H21N3O4/c1-5-12-7(15)6-13-10(18)14-8(9(16)17)11(2,3)4/h8H,5-6H2,1-4H3,(H,12,15)(H,16,17)(H2,13,14,18)/t8-/m0/s1. The van der Waals surface area contributed by atoms with E-state index in [2.05, 4.69) is 16.0 Å². The second kappa shape index (κ2) is 6.83. The molecular weight excluding hydrogens is 238 g/mol. The highest BCUT2D eigenvalue weighted by molar-refractivity contribution is 5.86. The third kappa shape index (κ3) is 6.07. The molecule has 0 heterocycles. The predicted molar refractivity (Wildman–Crippen MR) is 66.1 cm³/mol. The van der Waals surface area contributed by atoms with E-state index in [1.165, 1.54) is 0 Å². The first-order valence-corrected chi connectivity index (χ1v) is 5.72. The van der Waals surface area contributed by atoms with Crippen molar-refractivity contribution in [3.63, 3.8) is 0 Å². The number of urea groups is 1. The highest BCUT2D eigenvalue weighted by Gasteiger charge is 2.32. The molecule has 0 saturated carbocycles. The fraction of sp³-hybridized carbons (Fsp3) is 0.727. The van der Waals surface area contributed by atoms with Crippen molar-refractivity contribution in [2.75, 3.05) is 13.1 Å². The highest BCUT2D eigenvalue weighted by Crippen LogP contribution is 2.19. The zero-order valence-corrected chi connectivity index (χ0v) is 11.2. The number of amides is 3. The van der Waals surface area contributed by atoms with Crippen LogP contribution in [0, 0.1) is 5.41 Å². The zero-order chi connectivity index (χ0) is 14.3. The number of rotatable bonds is 5. The maximum Gasteiger partial charge on any atom is 0.326 e. The molecule has 0 aliphatic carbocycles. The van der Waals surface area contributed by atoms with Gasteiger partial charge < -0.3 is 21.1 Å². The van der Waals surface area contributed by atoms with E-state index >= 15 is 0 Å². The van der Waals surface area contributed by atoms with E-state index in [4.69, 9.17) is 5.11 Å². The van der Waals surface area contributed by atoms with Crippen LogP contribution in [0.4, 0.5) is 4.79 Å². The Hall–Kier alpha value is -1.79. The van der Waals surface area contributed by atoms with Gasteiger partial charge in [0.2, 0.25) is 5.91 Å². The van der Waals surface area contributed by atoms with Gasteiger partial charge in [0.1, 0.15) is 6.04 Å². The number of carbonyl (C=O) groups is 3. The van der Waals surface area contributed by atoms with Gasteiger partial charge in [-0.1, -0.05) is 20.8 Å². The highest BCUT2D eigenvalue weighted by atomic mass is 16.4. The monoisotopic (exact) mass is 259 g/mol. The van der Waals surface area contributed by atoms with Crippen LogP contribution >= 0.6 is 0 Å². The molecule has 0 saturated heterocycles. The fourth-order valence-corrected chi connectivity index (χ4v) is 1.25. The number of carboxylic acids is 1. The lowest BCUT2D eigenvalue weighted by Gasteiger charge is -2.27. The number of aliphatic carboxylic acids is 1. The van der Waals surface area contributed by atoms with Gasteiger partial charge in [-0.25, -0.2) is 9.59 Å². The van der Waals surface area contributed by atoms with Gasteiger partial charge in [-0.2, -0.15) is 0 Å². The van der Waals surface area contributed by atoms with Crippen LogP contribution in [0.15, 0.2) is 0 Å². The molecule has 0 aliphatic rings. The largest absolute Gasteiger partial charge is 0.480 e. The molecule has 18 heavy (non-hydrogen) atoms. The maximum atomic E-state index is 11.4. The molecule has 7 nitrogen and oxygen atoms in total. The third-order valence-electron chi connectivity index (χ3n) is 2.17. The van der Waals surface area contributed by atoms with Crippen LogP contribution in [0.1, 0.15) is 27.7 Å². The zero-order valence-electron chi connectivity index (χ0n) is 11.2. The Bertz CT molecular complexity index is 323. The van der Waals surface area contributed by atoms with E-state index < -0.39 is 23.5 Å². The first-order chi connectivity index (χ1) is 8.18. The molecule has 0 unspecified atom stereocenters. The van der Waals surface area contributed by atoms with Crippen LogP contribution in [-0.4, -0.2) is 42.1 Å². The van der Waals surface area contributed by atoms with Crippen molar-refractivity contribution in [1.29, 1.82) is 0 Å². The molecule has 3 amide bonds. The Kier molecular flexibility index (Phi) is 6.15. The first kappa shape index (κ1) is 16.2. The van der Waals surface area contributed by atoms with Crippen molar-refractivity contribution >= 4 is 17.9 Å². The molecule has 1 atom stereocenters. The van der Waals surface area contributed by atoms with Crippen LogP contribution in [0.3, 0.4) is 0 Å². The van der Waals surface area contributed by atoms with Crippen molar-refractivity contribution in [1.82, 2.24) is 16.0 Å². The van der Waals surface area contributed by atoms with E-state index in [9.17, 15) is 14.4 Å². The molecule has 104 valence electrons. The van der Waals surface area contributed by atoms with Gasteiger partial charge in [0.05, 0.1) is 6.54 Å². The number of hydrogen-bond acceptors (Lipinski definition) is 3. The van der Waals surface area contributed by atoms with Crippen molar-refractivity contribution in [3.05, 3.63) is 0 Å². The summed E-state index contributed by atoms with van der Waals surface area (Å²) in [6, 6.07) is -1.70. The van der Waals surface area contributed by atoms with Crippen molar-refractivity contribution < 1.29 is 19.5 Å². The van der Waals surface area contributed by atoms with E-state index in [0.717, 1.165) is 0 Å². The van der Waals surface area contributed by atoms with Gasteiger partial charge in [-0.05, 0) is 12.3 Å². The fourth-order valence-electron chi connectivity index (χ4n) is 1.25. The normalized spacial score (nSPS) is 12.4. The minimum atomic E-state index is -1.12. The topological polar surface area (TPSA) is 108 Å². The third-order valence-corrected chi connectivity index (χ3v) is 2.17. The quantitative estimate of drug-likeness (QED) is 0.554. The molecule has 0 bridgehead atoms. The van der Waals surface area contributed by atoms with Crippen LogP contribution in [0.2, 0.25) is 0 Å². The van der Waals surface area contributed by atoms with Crippen molar-refractivity contribution in [3.8, 4) is 0 Å². The summed E-state index contributed by atoms with van der Waals surface area (Å²) in [5.74, 6) is -1.44. The van der Waals surface area contributed by atoms with Gasteiger partial charge in [0.25, 0.3) is 0 Å². The predicted octanol–water partition coefficient (Wildman–Crippen LogP) is -0.0790. The minimum absolute atomic E-state index is 0.184. The summed E-state index contributed by atoms with van der Waals surface area (Å²) < 4.78 is 0. The molecule has 0 aliphatic heterocycles. The smallest absolute Gasteiger partial charge is 0.326 e. The number of likely N-dealkylation sites (N-methyl/N-ethyl adjacent to an activating group) is 1. The lowest BCUT2D eigenvalue weighted by atomic mass is 9.87.